The fourth-order valence-electron chi connectivity index (χ4n) is 2.66. The van der Waals surface area contributed by atoms with Crippen LogP contribution in [0.15, 0.2) is 53.0 Å². The van der Waals surface area contributed by atoms with E-state index in [9.17, 15) is 4.39 Å². The Kier molecular flexibility index (Phi) is 7.52. The summed E-state index contributed by atoms with van der Waals surface area (Å²) in [6.45, 7) is 0.466. The summed E-state index contributed by atoms with van der Waals surface area (Å²) in [5.74, 6) is 0.541. The fraction of sp³-hybridized carbons (Fsp3) is 0.143. The number of ether oxygens (including phenoxy) is 2. The Hall–Kier alpha value is -1.66. The number of anilines is 1. The van der Waals surface area contributed by atoms with Gasteiger partial charge in [-0.05, 0) is 64.0 Å². The second kappa shape index (κ2) is 9.90. The fourth-order valence-corrected chi connectivity index (χ4v) is 3.96. The number of rotatable bonds is 7. The summed E-state index contributed by atoms with van der Waals surface area (Å²) in [5.41, 5.74) is 1.97. The quantitative estimate of drug-likeness (QED) is 0.346. The summed E-state index contributed by atoms with van der Waals surface area (Å²) in [5, 5.41) is 4.66. The van der Waals surface area contributed by atoms with Gasteiger partial charge >= 0.3 is 0 Å². The lowest BCUT2D eigenvalue weighted by atomic mass is 10.2. The minimum absolute atomic E-state index is 0.0293. The molecule has 0 amide bonds. The summed E-state index contributed by atoms with van der Waals surface area (Å²) < 4.78 is 25.9. The first-order valence-corrected chi connectivity index (χ1v) is 10.4. The van der Waals surface area contributed by atoms with Gasteiger partial charge in [-0.3, -0.25) is 0 Å². The van der Waals surface area contributed by atoms with Crippen LogP contribution in [0, 0.1) is 5.82 Å². The van der Waals surface area contributed by atoms with E-state index in [0.717, 1.165) is 11.3 Å². The highest BCUT2D eigenvalue weighted by molar-refractivity contribution is 9.10. The molecule has 152 valence electrons. The number of benzene rings is 3. The van der Waals surface area contributed by atoms with Crippen LogP contribution in [0.25, 0.3) is 0 Å². The third-order valence-corrected chi connectivity index (χ3v) is 5.62. The average Bonchev–Trinajstić information content (AvgIpc) is 2.67. The monoisotopic (exact) mass is 517 g/mol. The average molecular weight is 520 g/mol. The summed E-state index contributed by atoms with van der Waals surface area (Å²) in [6, 6.07) is 13.5. The number of halogens is 5. The number of hydrogen-bond acceptors (Lipinski definition) is 3. The Balaban J connectivity index is 1.76. The van der Waals surface area contributed by atoms with Gasteiger partial charge in [0.15, 0.2) is 11.5 Å². The van der Waals surface area contributed by atoms with Gasteiger partial charge in [0.1, 0.15) is 12.4 Å². The summed E-state index contributed by atoms with van der Waals surface area (Å²) >= 11 is 21.7. The minimum atomic E-state index is -0.423. The molecule has 0 atom stereocenters. The van der Waals surface area contributed by atoms with Crippen molar-refractivity contribution >= 4 is 56.4 Å². The van der Waals surface area contributed by atoms with Gasteiger partial charge in [0.25, 0.3) is 0 Å². The van der Waals surface area contributed by atoms with Gasteiger partial charge in [-0.25, -0.2) is 4.39 Å². The molecule has 0 saturated carbocycles. The normalized spacial score (nSPS) is 10.7. The summed E-state index contributed by atoms with van der Waals surface area (Å²) in [6.07, 6.45) is 0. The highest BCUT2D eigenvalue weighted by atomic mass is 79.9. The van der Waals surface area contributed by atoms with Crippen molar-refractivity contribution < 1.29 is 13.9 Å². The molecule has 0 radical (unpaired) electrons. The van der Waals surface area contributed by atoms with Crippen LogP contribution in [0.5, 0.6) is 11.5 Å². The molecule has 0 bridgehead atoms. The predicted molar refractivity (Wildman–Crippen MR) is 120 cm³/mol. The molecule has 3 aromatic rings. The largest absolute Gasteiger partial charge is 0.493 e. The van der Waals surface area contributed by atoms with E-state index in [0.29, 0.717) is 37.6 Å². The number of methoxy groups -OCH3 is 1. The van der Waals surface area contributed by atoms with Gasteiger partial charge < -0.3 is 14.8 Å². The Morgan fingerprint density at radius 1 is 1.03 bits per heavy atom. The van der Waals surface area contributed by atoms with E-state index in [1.807, 2.05) is 18.2 Å². The predicted octanol–water partition coefficient (Wildman–Crippen LogP) is 7.75. The molecular formula is C21H16BrCl3FNO2. The molecule has 0 aliphatic rings. The third kappa shape index (κ3) is 5.48. The van der Waals surface area contributed by atoms with Crippen LogP contribution in [0.1, 0.15) is 11.1 Å². The Bertz CT molecular complexity index is 1010. The highest BCUT2D eigenvalue weighted by Gasteiger charge is 2.15. The van der Waals surface area contributed by atoms with Crippen molar-refractivity contribution in [1.82, 2.24) is 0 Å². The topological polar surface area (TPSA) is 30.5 Å². The summed E-state index contributed by atoms with van der Waals surface area (Å²) in [4.78, 5) is 0. The molecule has 0 aromatic heterocycles. The maximum Gasteiger partial charge on any atom is 0.175 e. The van der Waals surface area contributed by atoms with Crippen LogP contribution in [0.4, 0.5) is 10.1 Å². The van der Waals surface area contributed by atoms with Crippen molar-refractivity contribution in [1.29, 1.82) is 0 Å². The van der Waals surface area contributed by atoms with E-state index >= 15 is 0 Å². The lowest BCUT2D eigenvalue weighted by Crippen LogP contribution is -2.04. The summed E-state index contributed by atoms with van der Waals surface area (Å²) in [7, 11) is 1.54. The Morgan fingerprint density at radius 3 is 2.52 bits per heavy atom. The van der Waals surface area contributed by atoms with Gasteiger partial charge in [-0.15, -0.1) is 0 Å². The van der Waals surface area contributed by atoms with E-state index in [2.05, 4.69) is 21.2 Å². The second-order valence-corrected chi connectivity index (χ2v) is 8.18. The van der Waals surface area contributed by atoms with Gasteiger partial charge in [0, 0.05) is 17.1 Å². The lowest BCUT2D eigenvalue weighted by Gasteiger charge is -2.16. The van der Waals surface area contributed by atoms with Gasteiger partial charge in [0.2, 0.25) is 0 Å². The maximum atomic E-state index is 14.0. The van der Waals surface area contributed by atoms with E-state index in [1.54, 1.807) is 24.3 Å². The minimum Gasteiger partial charge on any atom is -0.493 e. The first kappa shape index (κ1) is 22.0. The highest BCUT2D eigenvalue weighted by Crippen LogP contribution is 2.38. The van der Waals surface area contributed by atoms with Crippen LogP contribution in [-0.2, 0) is 13.2 Å². The van der Waals surface area contributed by atoms with Crippen LogP contribution in [0.3, 0.4) is 0 Å². The molecule has 0 spiro atoms. The molecule has 3 nitrogen and oxygen atoms in total. The molecule has 0 heterocycles. The number of hydrogen-bond donors (Lipinski definition) is 1. The van der Waals surface area contributed by atoms with Gasteiger partial charge in [-0.1, -0.05) is 40.9 Å². The van der Waals surface area contributed by atoms with E-state index < -0.39 is 5.82 Å². The molecule has 0 unspecified atom stereocenters. The van der Waals surface area contributed by atoms with Crippen LogP contribution in [-0.4, -0.2) is 7.11 Å². The second-order valence-electron chi connectivity index (χ2n) is 6.08. The van der Waals surface area contributed by atoms with Crippen molar-refractivity contribution in [2.75, 3.05) is 12.4 Å². The maximum absolute atomic E-state index is 14.0. The standard InChI is InChI=1S/C21H16BrCl3FNO2/c1-28-20-8-12(10-27-19-6-5-13(23)9-17(19)25)7-15(22)21(20)29-11-14-16(24)3-2-4-18(14)26/h2-9,27H,10-11H2,1H3. The zero-order valence-electron chi connectivity index (χ0n) is 15.2. The van der Waals surface area contributed by atoms with Gasteiger partial charge in [0.05, 0.1) is 27.3 Å². The SMILES string of the molecule is COc1cc(CNc2ccc(Cl)cc2Cl)cc(Br)c1OCc1c(F)cccc1Cl. The van der Waals surface area contributed by atoms with Crippen LogP contribution in [0.2, 0.25) is 15.1 Å². The zero-order valence-corrected chi connectivity index (χ0v) is 19.1. The smallest absolute Gasteiger partial charge is 0.175 e. The van der Waals surface area contributed by atoms with E-state index in [-0.39, 0.29) is 12.2 Å². The van der Waals surface area contributed by atoms with Crippen molar-refractivity contribution in [2.24, 2.45) is 0 Å². The van der Waals surface area contributed by atoms with Crippen LogP contribution < -0.4 is 14.8 Å². The molecule has 0 aliphatic heterocycles. The molecule has 3 aromatic carbocycles. The third-order valence-electron chi connectivity index (χ3n) is 4.13. The Labute approximate surface area is 191 Å². The molecule has 1 N–H and O–H groups in total. The molecule has 0 aliphatic carbocycles. The van der Waals surface area contributed by atoms with Gasteiger partial charge in [-0.2, -0.15) is 0 Å². The van der Waals surface area contributed by atoms with E-state index in [4.69, 9.17) is 44.3 Å². The molecule has 0 saturated heterocycles. The molecular weight excluding hydrogens is 503 g/mol. The Morgan fingerprint density at radius 2 is 1.83 bits per heavy atom. The molecule has 8 heteroatoms. The number of nitrogens with one attached hydrogen (secondary N) is 1. The molecule has 3 rings (SSSR count). The first-order chi connectivity index (χ1) is 13.9. The van der Waals surface area contributed by atoms with Crippen molar-refractivity contribution in [3.05, 3.63) is 85.0 Å². The van der Waals surface area contributed by atoms with Crippen molar-refractivity contribution in [2.45, 2.75) is 13.2 Å². The first-order valence-electron chi connectivity index (χ1n) is 8.50. The van der Waals surface area contributed by atoms with Crippen molar-refractivity contribution in [3.63, 3.8) is 0 Å². The lowest BCUT2D eigenvalue weighted by molar-refractivity contribution is 0.278. The van der Waals surface area contributed by atoms with Crippen LogP contribution >= 0.6 is 50.7 Å². The zero-order chi connectivity index (χ0) is 21.0. The molecule has 29 heavy (non-hydrogen) atoms. The van der Waals surface area contributed by atoms with E-state index in [1.165, 1.54) is 13.2 Å². The molecule has 0 fully saturated rings. The van der Waals surface area contributed by atoms with Crippen molar-refractivity contribution in [3.8, 4) is 11.5 Å².